The summed E-state index contributed by atoms with van der Waals surface area (Å²) in [6, 6.07) is 5.58. The minimum absolute atomic E-state index is 0.0697. The van der Waals surface area contributed by atoms with Gasteiger partial charge in [-0.3, -0.25) is 24.6 Å². The second-order valence-electron chi connectivity index (χ2n) is 5.77. The van der Waals surface area contributed by atoms with Crippen LogP contribution in [-0.4, -0.2) is 51.2 Å². The minimum Gasteiger partial charge on any atom is -0.444 e. The van der Waals surface area contributed by atoms with Crippen LogP contribution in [0.15, 0.2) is 29.4 Å². The molecule has 1 aliphatic heterocycles. The first-order valence-electron chi connectivity index (χ1n) is 8.08. The molecule has 0 saturated carbocycles. The van der Waals surface area contributed by atoms with E-state index >= 15 is 0 Å². The zero-order chi connectivity index (χ0) is 20.7. The van der Waals surface area contributed by atoms with E-state index in [0.29, 0.717) is 5.56 Å². The van der Waals surface area contributed by atoms with Crippen molar-refractivity contribution in [3.8, 4) is 0 Å². The lowest BCUT2D eigenvalue weighted by atomic mass is 10.2. The SMILES string of the molecule is CC(=O)SC1C/C(=N\OCC(N)=O)N(C(=O)OCc2ccc([N+](=O)[O-])cc2)C1. The number of benzene rings is 1. The Morgan fingerprint density at radius 1 is 1.36 bits per heavy atom. The molecule has 0 aromatic heterocycles. The summed E-state index contributed by atoms with van der Waals surface area (Å²) < 4.78 is 5.22. The number of nitro groups is 1. The van der Waals surface area contributed by atoms with Gasteiger partial charge in [-0.25, -0.2) is 4.79 Å². The number of non-ortho nitro benzene ring substituents is 1. The van der Waals surface area contributed by atoms with Gasteiger partial charge in [-0.1, -0.05) is 16.9 Å². The van der Waals surface area contributed by atoms with Gasteiger partial charge >= 0.3 is 6.09 Å². The predicted molar refractivity (Wildman–Crippen MR) is 99.2 cm³/mol. The molecule has 0 bridgehead atoms. The fraction of sp³-hybridized carbons (Fsp3) is 0.375. The summed E-state index contributed by atoms with van der Waals surface area (Å²) >= 11 is 1.07. The predicted octanol–water partition coefficient (Wildman–Crippen LogP) is 1.40. The topological polar surface area (TPSA) is 154 Å². The van der Waals surface area contributed by atoms with Crippen molar-refractivity contribution in [2.45, 2.75) is 25.2 Å². The maximum absolute atomic E-state index is 12.4. The standard InChI is InChI=1S/C16H18N4O7S/c1-10(21)28-13-6-15(18-27-9-14(17)22)19(7-13)16(23)26-8-11-2-4-12(5-3-11)20(24)25/h2-5,13H,6-9H2,1H3,(H2,17,22)/b18-15+. The molecule has 150 valence electrons. The number of likely N-dealkylation sites (tertiary alicyclic amines) is 1. The van der Waals surface area contributed by atoms with Crippen molar-refractivity contribution in [3.63, 3.8) is 0 Å². The number of carbonyl (C=O) groups is 3. The molecule has 12 heteroatoms. The molecule has 0 spiro atoms. The number of hydrogen-bond acceptors (Lipinski definition) is 9. The second-order valence-corrected chi connectivity index (χ2v) is 7.25. The minimum atomic E-state index is -0.718. The Hall–Kier alpha value is -3.15. The maximum Gasteiger partial charge on any atom is 0.415 e. The van der Waals surface area contributed by atoms with Crippen LogP contribution < -0.4 is 5.73 Å². The van der Waals surface area contributed by atoms with Gasteiger partial charge in [0.1, 0.15) is 6.61 Å². The number of amides is 2. The van der Waals surface area contributed by atoms with Crippen molar-refractivity contribution < 1.29 is 28.9 Å². The zero-order valence-corrected chi connectivity index (χ0v) is 15.7. The van der Waals surface area contributed by atoms with E-state index < -0.39 is 23.5 Å². The van der Waals surface area contributed by atoms with Gasteiger partial charge in [-0.15, -0.1) is 0 Å². The van der Waals surface area contributed by atoms with Crippen LogP contribution in [0.2, 0.25) is 0 Å². The molecule has 11 nitrogen and oxygen atoms in total. The molecule has 1 aliphatic rings. The van der Waals surface area contributed by atoms with Crippen molar-refractivity contribution in [1.29, 1.82) is 0 Å². The van der Waals surface area contributed by atoms with E-state index in [1.807, 2.05) is 0 Å². The third-order valence-corrected chi connectivity index (χ3v) is 4.53. The van der Waals surface area contributed by atoms with Gasteiger partial charge in [0.05, 0.1) is 4.92 Å². The average Bonchev–Trinajstić information content (AvgIpc) is 3.01. The molecule has 1 aromatic rings. The summed E-state index contributed by atoms with van der Waals surface area (Å²) in [5.74, 6) is -0.502. The summed E-state index contributed by atoms with van der Waals surface area (Å²) in [7, 11) is 0. The lowest BCUT2D eigenvalue weighted by Gasteiger charge is -2.16. The molecule has 1 atom stereocenters. The van der Waals surface area contributed by atoms with Crippen LogP contribution >= 0.6 is 11.8 Å². The smallest absolute Gasteiger partial charge is 0.415 e. The fourth-order valence-electron chi connectivity index (χ4n) is 2.37. The van der Waals surface area contributed by atoms with Crippen molar-refractivity contribution in [2.24, 2.45) is 10.9 Å². The average molecular weight is 410 g/mol. The van der Waals surface area contributed by atoms with E-state index in [1.54, 1.807) is 0 Å². The number of nitro benzene ring substituents is 1. The van der Waals surface area contributed by atoms with Crippen molar-refractivity contribution in [2.75, 3.05) is 13.2 Å². The van der Waals surface area contributed by atoms with Crippen LogP contribution in [-0.2, 0) is 25.8 Å². The summed E-state index contributed by atoms with van der Waals surface area (Å²) in [5, 5.41) is 14.1. The molecular weight excluding hydrogens is 392 g/mol. The number of rotatable bonds is 7. The van der Waals surface area contributed by atoms with Gasteiger partial charge in [0, 0.05) is 37.3 Å². The van der Waals surface area contributed by atoms with Gasteiger partial charge in [-0.2, -0.15) is 0 Å². The highest BCUT2D eigenvalue weighted by Crippen LogP contribution is 2.26. The summed E-state index contributed by atoms with van der Waals surface area (Å²) in [5.41, 5.74) is 5.47. The summed E-state index contributed by atoms with van der Waals surface area (Å²) in [6.07, 6.45) is -0.443. The van der Waals surface area contributed by atoms with Crippen LogP contribution in [0.5, 0.6) is 0 Å². The van der Waals surface area contributed by atoms with E-state index in [9.17, 15) is 24.5 Å². The number of primary amides is 1. The Morgan fingerprint density at radius 2 is 2.04 bits per heavy atom. The van der Waals surface area contributed by atoms with Crippen LogP contribution in [0.3, 0.4) is 0 Å². The summed E-state index contributed by atoms with van der Waals surface area (Å²) in [4.78, 5) is 50.6. The number of ether oxygens (including phenoxy) is 1. The first kappa shape index (κ1) is 21.2. The first-order valence-corrected chi connectivity index (χ1v) is 8.96. The van der Waals surface area contributed by atoms with Crippen LogP contribution in [0.25, 0.3) is 0 Å². The molecule has 1 aromatic carbocycles. The Labute approximate surface area is 164 Å². The van der Waals surface area contributed by atoms with Crippen molar-refractivity contribution >= 4 is 40.4 Å². The Morgan fingerprint density at radius 3 is 2.61 bits per heavy atom. The van der Waals surface area contributed by atoms with Gasteiger partial charge in [0.15, 0.2) is 17.6 Å². The number of thioether (sulfide) groups is 1. The van der Waals surface area contributed by atoms with Crippen LogP contribution in [0.4, 0.5) is 10.5 Å². The third-order valence-electron chi connectivity index (χ3n) is 3.55. The monoisotopic (exact) mass is 410 g/mol. The Bertz CT molecular complexity index is 797. The number of oxime groups is 1. The van der Waals surface area contributed by atoms with Crippen molar-refractivity contribution in [1.82, 2.24) is 4.90 Å². The van der Waals surface area contributed by atoms with Crippen LogP contribution in [0.1, 0.15) is 18.9 Å². The van der Waals surface area contributed by atoms with Gasteiger partial charge in [0.2, 0.25) is 0 Å². The Balaban J connectivity index is 2.01. The van der Waals surface area contributed by atoms with E-state index in [0.717, 1.165) is 11.8 Å². The molecule has 0 aliphatic carbocycles. The highest BCUT2D eigenvalue weighted by molar-refractivity contribution is 8.14. The lowest BCUT2D eigenvalue weighted by Crippen LogP contribution is -2.33. The van der Waals surface area contributed by atoms with Crippen molar-refractivity contribution in [3.05, 3.63) is 39.9 Å². The third kappa shape index (κ3) is 6.23. The molecule has 28 heavy (non-hydrogen) atoms. The molecule has 1 heterocycles. The van der Waals surface area contributed by atoms with E-state index in [2.05, 4.69) is 5.16 Å². The Kier molecular flexibility index (Phi) is 7.32. The van der Waals surface area contributed by atoms with Crippen LogP contribution in [0, 0.1) is 10.1 Å². The lowest BCUT2D eigenvalue weighted by molar-refractivity contribution is -0.384. The van der Waals surface area contributed by atoms with E-state index in [-0.39, 0.29) is 41.5 Å². The fourth-order valence-corrected chi connectivity index (χ4v) is 3.30. The normalized spacial score (nSPS) is 17.4. The molecule has 2 amide bonds. The quantitative estimate of drug-likeness (QED) is 0.522. The molecule has 1 unspecified atom stereocenters. The number of hydrogen-bond donors (Lipinski definition) is 1. The molecular formula is C16H18N4O7S. The molecule has 2 rings (SSSR count). The largest absolute Gasteiger partial charge is 0.444 e. The zero-order valence-electron chi connectivity index (χ0n) is 14.9. The maximum atomic E-state index is 12.4. The first-order chi connectivity index (χ1) is 13.3. The number of nitrogens with two attached hydrogens (primary N) is 1. The van der Waals surface area contributed by atoms with Gasteiger partial charge in [-0.05, 0) is 17.7 Å². The second kappa shape index (κ2) is 9.69. The van der Waals surface area contributed by atoms with Gasteiger partial charge < -0.3 is 15.3 Å². The highest BCUT2D eigenvalue weighted by atomic mass is 32.2. The van der Waals surface area contributed by atoms with E-state index in [1.165, 1.54) is 36.1 Å². The summed E-state index contributed by atoms with van der Waals surface area (Å²) in [6.45, 7) is 1.05. The number of carbonyl (C=O) groups excluding carboxylic acids is 3. The van der Waals surface area contributed by atoms with Gasteiger partial charge in [0.25, 0.3) is 11.6 Å². The molecule has 0 radical (unpaired) electrons. The highest BCUT2D eigenvalue weighted by Gasteiger charge is 2.35. The number of nitrogens with zero attached hydrogens (tertiary/aromatic N) is 3. The molecule has 1 saturated heterocycles. The number of amidine groups is 1. The van der Waals surface area contributed by atoms with E-state index in [4.69, 9.17) is 15.3 Å². The molecule has 1 fully saturated rings. The molecule has 2 N–H and O–H groups in total.